The Morgan fingerprint density at radius 1 is 1.10 bits per heavy atom. The van der Waals surface area contributed by atoms with E-state index < -0.39 is 6.04 Å². The molecule has 1 aliphatic rings. The summed E-state index contributed by atoms with van der Waals surface area (Å²) in [5, 5.41) is 5.95. The van der Waals surface area contributed by atoms with E-state index in [1.807, 2.05) is 32.9 Å². The first-order chi connectivity index (χ1) is 14.9. The van der Waals surface area contributed by atoms with Crippen LogP contribution in [0, 0.1) is 12.8 Å². The highest BCUT2D eigenvalue weighted by Crippen LogP contribution is 2.23. The van der Waals surface area contributed by atoms with Crippen LogP contribution in [-0.4, -0.2) is 47.8 Å². The summed E-state index contributed by atoms with van der Waals surface area (Å²) in [5.74, 6) is -0.326. The molecule has 1 saturated heterocycles. The van der Waals surface area contributed by atoms with E-state index in [0.717, 1.165) is 12.0 Å². The van der Waals surface area contributed by atoms with Gasteiger partial charge in [0.1, 0.15) is 6.04 Å². The molecule has 0 radical (unpaired) electrons. The third kappa shape index (κ3) is 5.75. The topological polar surface area (TPSA) is 91.7 Å². The fourth-order valence-corrected chi connectivity index (χ4v) is 3.75. The van der Waals surface area contributed by atoms with Crippen molar-refractivity contribution in [2.24, 2.45) is 5.92 Å². The number of likely N-dealkylation sites (tertiary alicyclic amines) is 1. The summed E-state index contributed by atoms with van der Waals surface area (Å²) in [6, 6.07) is 9.99. The molecule has 0 spiro atoms. The Balaban J connectivity index is 1.69. The number of hydrogen-bond donors (Lipinski definition) is 2. The molecule has 0 saturated carbocycles. The maximum absolute atomic E-state index is 13.0. The lowest BCUT2D eigenvalue weighted by atomic mass is 9.88. The number of furan rings is 1. The van der Waals surface area contributed by atoms with Crippen LogP contribution in [0.25, 0.3) is 0 Å². The molecular formula is C24H31N3O4. The van der Waals surface area contributed by atoms with E-state index >= 15 is 0 Å². The van der Waals surface area contributed by atoms with E-state index in [2.05, 4.69) is 10.6 Å². The van der Waals surface area contributed by atoms with Crippen LogP contribution in [0.1, 0.15) is 59.6 Å². The number of aryl methyl sites for hydroxylation is 1. The van der Waals surface area contributed by atoms with Gasteiger partial charge >= 0.3 is 0 Å². The molecule has 2 atom stereocenters. The predicted octanol–water partition coefficient (Wildman–Crippen LogP) is 3.15. The second kappa shape index (κ2) is 10.3. The van der Waals surface area contributed by atoms with Gasteiger partial charge in [-0.2, -0.15) is 0 Å². The number of nitrogens with zero attached hydrogens (tertiary/aromatic N) is 1. The fourth-order valence-electron chi connectivity index (χ4n) is 3.75. The third-order valence-corrected chi connectivity index (χ3v) is 5.91. The van der Waals surface area contributed by atoms with E-state index in [9.17, 15) is 14.4 Å². The average Bonchev–Trinajstić information content (AvgIpc) is 3.32. The molecule has 2 heterocycles. The molecule has 7 nitrogen and oxygen atoms in total. The Hall–Kier alpha value is -3.09. The van der Waals surface area contributed by atoms with Crippen LogP contribution in [0.4, 0.5) is 0 Å². The standard InChI is InChI=1S/C24H31N3O4/c1-4-17(3)25-23(29)21(26-22(28)19-9-7-16(2)8-10-19)18-11-13-27(14-12-18)24(30)20-6-5-15-31-20/h5-10,15,17-18,21H,4,11-14H2,1-3H3,(H,25,29)(H,26,28)/t17-,21+/m0/s1. The monoisotopic (exact) mass is 425 g/mol. The molecule has 2 N–H and O–H groups in total. The van der Waals surface area contributed by atoms with E-state index in [1.54, 1.807) is 29.2 Å². The molecule has 166 valence electrons. The summed E-state index contributed by atoms with van der Waals surface area (Å²) >= 11 is 0. The van der Waals surface area contributed by atoms with Crippen LogP contribution >= 0.6 is 0 Å². The Bertz CT molecular complexity index is 884. The minimum absolute atomic E-state index is 0.0203. The summed E-state index contributed by atoms with van der Waals surface area (Å²) in [5.41, 5.74) is 1.59. The summed E-state index contributed by atoms with van der Waals surface area (Å²) < 4.78 is 5.21. The van der Waals surface area contributed by atoms with Gasteiger partial charge in [0, 0.05) is 24.7 Å². The molecule has 3 rings (SSSR count). The Morgan fingerprint density at radius 2 is 1.77 bits per heavy atom. The van der Waals surface area contributed by atoms with Gasteiger partial charge in [0.2, 0.25) is 5.91 Å². The molecule has 0 bridgehead atoms. The van der Waals surface area contributed by atoms with Crippen molar-refractivity contribution in [3.8, 4) is 0 Å². The smallest absolute Gasteiger partial charge is 0.289 e. The average molecular weight is 426 g/mol. The SMILES string of the molecule is CC[C@H](C)NC(=O)[C@H](NC(=O)c1ccc(C)cc1)C1CCN(C(=O)c2ccco2)CC1. The zero-order chi connectivity index (χ0) is 22.4. The second-order valence-electron chi connectivity index (χ2n) is 8.24. The van der Waals surface area contributed by atoms with Gasteiger partial charge in [-0.05, 0) is 63.3 Å². The lowest BCUT2D eigenvalue weighted by molar-refractivity contribution is -0.125. The molecule has 1 aromatic heterocycles. The van der Waals surface area contributed by atoms with Crippen molar-refractivity contribution in [1.29, 1.82) is 0 Å². The van der Waals surface area contributed by atoms with Crippen LogP contribution in [0.3, 0.4) is 0 Å². The first kappa shape index (κ1) is 22.6. The van der Waals surface area contributed by atoms with E-state index in [-0.39, 0.29) is 29.7 Å². The van der Waals surface area contributed by atoms with Crippen molar-refractivity contribution in [3.63, 3.8) is 0 Å². The van der Waals surface area contributed by atoms with Crippen LogP contribution in [-0.2, 0) is 4.79 Å². The summed E-state index contributed by atoms with van der Waals surface area (Å²) in [7, 11) is 0. The second-order valence-corrected chi connectivity index (χ2v) is 8.24. The van der Waals surface area contributed by atoms with Crippen LogP contribution < -0.4 is 10.6 Å². The quantitative estimate of drug-likeness (QED) is 0.713. The van der Waals surface area contributed by atoms with Gasteiger partial charge in [-0.1, -0.05) is 24.6 Å². The van der Waals surface area contributed by atoms with Crippen molar-refractivity contribution >= 4 is 17.7 Å². The molecule has 3 amide bonds. The maximum Gasteiger partial charge on any atom is 0.289 e. The largest absolute Gasteiger partial charge is 0.459 e. The molecule has 7 heteroatoms. The highest BCUT2D eigenvalue weighted by atomic mass is 16.3. The molecular weight excluding hydrogens is 394 g/mol. The number of carbonyl (C=O) groups is 3. The van der Waals surface area contributed by atoms with E-state index in [4.69, 9.17) is 4.42 Å². The number of benzene rings is 1. The number of piperidine rings is 1. The Labute approximate surface area is 183 Å². The highest BCUT2D eigenvalue weighted by Gasteiger charge is 2.35. The number of hydrogen-bond acceptors (Lipinski definition) is 4. The zero-order valence-corrected chi connectivity index (χ0v) is 18.4. The Morgan fingerprint density at radius 3 is 2.35 bits per heavy atom. The molecule has 0 unspecified atom stereocenters. The van der Waals surface area contributed by atoms with Crippen LogP contribution in [0.2, 0.25) is 0 Å². The van der Waals surface area contributed by atoms with Gasteiger partial charge in [0.05, 0.1) is 6.26 Å². The normalized spacial score (nSPS) is 16.4. The van der Waals surface area contributed by atoms with E-state index in [0.29, 0.717) is 37.3 Å². The first-order valence-corrected chi connectivity index (χ1v) is 10.9. The minimum Gasteiger partial charge on any atom is -0.459 e. The van der Waals surface area contributed by atoms with Gasteiger partial charge in [-0.25, -0.2) is 0 Å². The predicted molar refractivity (Wildman–Crippen MR) is 118 cm³/mol. The molecule has 2 aromatic rings. The van der Waals surface area contributed by atoms with Gasteiger partial charge in [-0.3, -0.25) is 14.4 Å². The van der Waals surface area contributed by atoms with Gasteiger partial charge in [0.25, 0.3) is 11.8 Å². The van der Waals surface area contributed by atoms with Crippen molar-refractivity contribution in [2.75, 3.05) is 13.1 Å². The van der Waals surface area contributed by atoms with Crippen LogP contribution in [0.5, 0.6) is 0 Å². The summed E-state index contributed by atoms with van der Waals surface area (Å²) in [6.45, 7) is 6.93. The van der Waals surface area contributed by atoms with Gasteiger partial charge in [-0.15, -0.1) is 0 Å². The van der Waals surface area contributed by atoms with Gasteiger partial charge < -0.3 is 20.0 Å². The summed E-state index contributed by atoms with van der Waals surface area (Å²) in [4.78, 5) is 40.1. The lowest BCUT2D eigenvalue weighted by Gasteiger charge is -2.35. The molecule has 31 heavy (non-hydrogen) atoms. The number of rotatable bonds is 7. The number of amides is 3. The molecule has 1 fully saturated rings. The third-order valence-electron chi connectivity index (χ3n) is 5.91. The first-order valence-electron chi connectivity index (χ1n) is 10.9. The number of carbonyl (C=O) groups excluding carboxylic acids is 3. The number of nitrogens with one attached hydrogen (secondary N) is 2. The molecule has 1 aromatic carbocycles. The van der Waals surface area contributed by atoms with Crippen molar-refractivity contribution < 1.29 is 18.8 Å². The maximum atomic E-state index is 13.0. The molecule has 1 aliphatic heterocycles. The minimum atomic E-state index is -0.649. The highest BCUT2D eigenvalue weighted by molar-refractivity contribution is 5.97. The van der Waals surface area contributed by atoms with Gasteiger partial charge in [0.15, 0.2) is 5.76 Å². The van der Waals surface area contributed by atoms with E-state index in [1.165, 1.54) is 6.26 Å². The summed E-state index contributed by atoms with van der Waals surface area (Å²) in [6.07, 6.45) is 3.54. The van der Waals surface area contributed by atoms with Crippen LogP contribution in [0.15, 0.2) is 47.1 Å². The van der Waals surface area contributed by atoms with Crippen molar-refractivity contribution in [2.45, 2.75) is 52.1 Å². The molecule has 0 aliphatic carbocycles. The van der Waals surface area contributed by atoms with Crippen molar-refractivity contribution in [1.82, 2.24) is 15.5 Å². The van der Waals surface area contributed by atoms with Crippen molar-refractivity contribution in [3.05, 3.63) is 59.5 Å². The fraction of sp³-hybridized carbons (Fsp3) is 0.458. The Kier molecular flexibility index (Phi) is 7.50. The zero-order valence-electron chi connectivity index (χ0n) is 18.4. The lowest BCUT2D eigenvalue weighted by Crippen LogP contribution is -2.55.